The van der Waals surface area contributed by atoms with E-state index < -0.39 is 11.9 Å². The third kappa shape index (κ3) is 5.51. The highest BCUT2D eigenvalue weighted by molar-refractivity contribution is 6.32. The zero-order chi connectivity index (χ0) is 27.4. The van der Waals surface area contributed by atoms with Crippen molar-refractivity contribution in [1.82, 2.24) is 5.32 Å². The maximum absolute atomic E-state index is 13.8. The van der Waals surface area contributed by atoms with Gasteiger partial charge in [0.2, 0.25) is 0 Å². The summed E-state index contributed by atoms with van der Waals surface area (Å²) in [5.41, 5.74) is 3.70. The first-order chi connectivity index (χ1) is 18.3. The molecule has 0 saturated carbocycles. The summed E-state index contributed by atoms with van der Waals surface area (Å²) in [5, 5.41) is 13.7. The fourth-order valence-electron chi connectivity index (χ4n) is 5.09. The lowest BCUT2D eigenvalue weighted by molar-refractivity contribution is -0.140. The Balaban J connectivity index is 1.76. The van der Waals surface area contributed by atoms with Crippen LogP contribution in [0.25, 0.3) is 0 Å². The summed E-state index contributed by atoms with van der Waals surface area (Å²) in [6, 6.07) is 10.9. The monoisotopic (exact) mass is 541 g/mol. The number of methoxy groups -OCH3 is 2. The van der Waals surface area contributed by atoms with Crippen LogP contribution >= 0.6 is 11.6 Å². The topological polar surface area (TPSA) is 103 Å². The first-order valence-corrected chi connectivity index (χ1v) is 12.9. The maximum atomic E-state index is 13.8. The fourth-order valence-corrected chi connectivity index (χ4v) is 5.31. The van der Waals surface area contributed by atoms with Gasteiger partial charge in [-0.3, -0.25) is 4.79 Å². The molecule has 0 unspecified atom stereocenters. The van der Waals surface area contributed by atoms with Gasteiger partial charge in [0.05, 0.1) is 31.4 Å². The number of rotatable bonds is 9. The van der Waals surface area contributed by atoms with Crippen molar-refractivity contribution in [2.24, 2.45) is 0 Å². The van der Waals surface area contributed by atoms with E-state index in [1.807, 2.05) is 31.2 Å². The van der Waals surface area contributed by atoms with E-state index in [0.29, 0.717) is 35.4 Å². The minimum Gasteiger partial charge on any atom is -0.503 e. The SMILES string of the molecule is CCOCCOC(=O)C1=C(C)NC2=C(C(=O)C[C@H](c3ccc(OC)cc3)C2)[C@H]1c1cc(Cl)c(O)c(OC)c1. The van der Waals surface area contributed by atoms with E-state index in [2.05, 4.69) is 5.32 Å². The minimum atomic E-state index is -0.748. The summed E-state index contributed by atoms with van der Waals surface area (Å²) in [5.74, 6) is -0.741. The molecule has 2 aromatic rings. The van der Waals surface area contributed by atoms with Gasteiger partial charge in [-0.25, -0.2) is 4.79 Å². The van der Waals surface area contributed by atoms with Crippen LogP contribution in [-0.4, -0.2) is 50.9 Å². The Bertz CT molecular complexity index is 1280. The number of ketones is 1. The van der Waals surface area contributed by atoms with Crippen LogP contribution in [0.3, 0.4) is 0 Å². The van der Waals surface area contributed by atoms with Crippen molar-refractivity contribution in [3.63, 3.8) is 0 Å². The molecule has 0 amide bonds. The van der Waals surface area contributed by atoms with Gasteiger partial charge in [-0.15, -0.1) is 0 Å². The van der Waals surface area contributed by atoms with Crippen LogP contribution in [0.2, 0.25) is 5.02 Å². The molecular weight excluding hydrogens is 510 g/mol. The molecule has 0 spiro atoms. The molecule has 2 aliphatic rings. The van der Waals surface area contributed by atoms with Crippen LogP contribution in [0.4, 0.5) is 0 Å². The second kappa shape index (κ2) is 11.9. The number of hydrogen-bond donors (Lipinski definition) is 2. The highest BCUT2D eigenvalue weighted by atomic mass is 35.5. The fraction of sp³-hybridized carbons (Fsp3) is 0.379. The molecule has 2 N–H and O–H groups in total. The summed E-state index contributed by atoms with van der Waals surface area (Å²) < 4.78 is 21.4. The van der Waals surface area contributed by atoms with Crippen LogP contribution in [0.5, 0.6) is 17.2 Å². The van der Waals surface area contributed by atoms with Crippen molar-refractivity contribution in [3.05, 3.63) is 75.1 Å². The van der Waals surface area contributed by atoms with E-state index in [9.17, 15) is 14.7 Å². The first-order valence-electron chi connectivity index (χ1n) is 12.5. The molecule has 0 aromatic heterocycles. The van der Waals surface area contributed by atoms with Crippen LogP contribution in [0.1, 0.15) is 49.7 Å². The largest absolute Gasteiger partial charge is 0.503 e. The van der Waals surface area contributed by atoms with Gasteiger partial charge in [-0.05, 0) is 61.6 Å². The summed E-state index contributed by atoms with van der Waals surface area (Å²) in [6.45, 7) is 4.50. The van der Waals surface area contributed by atoms with E-state index in [0.717, 1.165) is 17.0 Å². The molecule has 202 valence electrons. The Hall–Kier alpha value is -3.49. The van der Waals surface area contributed by atoms with Crippen molar-refractivity contribution in [3.8, 4) is 17.2 Å². The van der Waals surface area contributed by atoms with Crippen LogP contribution in [-0.2, 0) is 19.1 Å². The van der Waals surface area contributed by atoms with Crippen LogP contribution in [0, 0.1) is 0 Å². The Labute approximate surface area is 227 Å². The number of allylic oxidation sites excluding steroid dienone is 3. The smallest absolute Gasteiger partial charge is 0.336 e. The molecule has 8 nitrogen and oxygen atoms in total. The first kappa shape index (κ1) is 27.5. The van der Waals surface area contributed by atoms with Crippen LogP contribution < -0.4 is 14.8 Å². The van der Waals surface area contributed by atoms with E-state index in [1.165, 1.54) is 7.11 Å². The number of aromatic hydroxyl groups is 1. The molecule has 1 aliphatic heterocycles. The number of ether oxygens (including phenoxy) is 4. The van der Waals surface area contributed by atoms with E-state index >= 15 is 0 Å². The lowest BCUT2D eigenvalue weighted by Crippen LogP contribution is -2.36. The molecule has 1 heterocycles. The summed E-state index contributed by atoms with van der Waals surface area (Å²) in [6.07, 6.45) is 0.856. The lowest BCUT2D eigenvalue weighted by atomic mass is 9.71. The third-order valence-electron chi connectivity index (χ3n) is 6.90. The zero-order valence-corrected chi connectivity index (χ0v) is 22.7. The molecule has 4 rings (SSSR count). The molecule has 0 fully saturated rings. The summed E-state index contributed by atoms with van der Waals surface area (Å²) >= 11 is 6.33. The predicted octanol–water partition coefficient (Wildman–Crippen LogP) is 5.00. The molecule has 0 radical (unpaired) electrons. The second-order valence-corrected chi connectivity index (χ2v) is 9.58. The number of dihydropyridines is 1. The molecular formula is C29H32ClNO7. The van der Waals surface area contributed by atoms with Gasteiger partial charge in [0, 0.05) is 35.9 Å². The van der Waals surface area contributed by atoms with Crippen molar-refractivity contribution >= 4 is 23.4 Å². The quantitative estimate of drug-likeness (QED) is 0.337. The lowest BCUT2D eigenvalue weighted by Gasteiger charge is -2.37. The number of phenolic OH excluding ortho intramolecular Hbond substituents is 1. The summed E-state index contributed by atoms with van der Waals surface area (Å²) in [4.78, 5) is 27.1. The number of esters is 1. The molecule has 38 heavy (non-hydrogen) atoms. The average molecular weight is 542 g/mol. The number of carbonyl (C=O) groups is 2. The number of halogens is 1. The number of hydrogen-bond acceptors (Lipinski definition) is 8. The normalized spacial score (nSPS) is 19.1. The van der Waals surface area contributed by atoms with E-state index in [-0.39, 0.29) is 47.9 Å². The van der Waals surface area contributed by atoms with E-state index in [1.54, 1.807) is 26.2 Å². The van der Waals surface area contributed by atoms with Gasteiger partial charge in [-0.1, -0.05) is 23.7 Å². The van der Waals surface area contributed by atoms with Gasteiger partial charge in [0.1, 0.15) is 12.4 Å². The highest BCUT2D eigenvalue weighted by Gasteiger charge is 2.42. The molecule has 0 bridgehead atoms. The molecule has 1 aliphatic carbocycles. The predicted molar refractivity (Wildman–Crippen MR) is 143 cm³/mol. The van der Waals surface area contributed by atoms with Crippen molar-refractivity contribution in [1.29, 1.82) is 0 Å². The molecule has 9 heteroatoms. The number of Topliss-reactive ketones (excluding diaryl/α,β-unsaturated/α-hetero) is 1. The van der Waals surface area contributed by atoms with Crippen LogP contribution in [0.15, 0.2) is 58.9 Å². The van der Waals surface area contributed by atoms with Gasteiger partial charge in [-0.2, -0.15) is 0 Å². The van der Waals surface area contributed by atoms with Crippen molar-refractivity contribution in [2.75, 3.05) is 34.0 Å². The Morgan fingerprint density at radius 2 is 1.82 bits per heavy atom. The van der Waals surface area contributed by atoms with Crippen molar-refractivity contribution < 1.29 is 33.6 Å². The van der Waals surface area contributed by atoms with Gasteiger partial charge in [0.25, 0.3) is 0 Å². The number of carbonyl (C=O) groups excluding carboxylic acids is 2. The maximum Gasteiger partial charge on any atom is 0.336 e. The number of benzene rings is 2. The van der Waals surface area contributed by atoms with Crippen molar-refractivity contribution in [2.45, 2.75) is 38.5 Å². The third-order valence-corrected chi connectivity index (χ3v) is 7.19. The van der Waals surface area contributed by atoms with Gasteiger partial charge >= 0.3 is 5.97 Å². The Morgan fingerprint density at radius 3 is 2.47 bits per heavy atom. The zero-order valence-electron chi connectivity index (χ0n) is 21.9. The summed E-state index contributed by atoms with van der Waals surface area (Å²) in [7, 11) is 3.03. The number of phenols is 1. The minimum absolute atomic E-state index is 0.0363. The Kier molecular flexibility index (Phi) is 8.64. The second-order valence-electron chi connectivity index (χ2n) is 9.18. The number of nitrogens with one attached hydrogen (secondary N) is 1. The molecule has 0 saturated heterocycles. The average Bonchev–Trinajstić information content (AvgIpc) is 2.91. The molecule has 2 aromatic carbocycles. The Morgan fingerprint density at radius 1 is 1.08 bits per heavy atom. The van der Waals surface area contributed by atoms with Gasteiger partial charge in [0.15, 0.2) is 17.3 Å². The molecule has 2 atom stereocenters. The standard InChI is InChI=1S/C29H32ClNO7/c1-5-37-10-11-38-29(34)25-16(2)31-22-13-18(17-6-8-20(35-3)9-7-17)14-23(32)27(22)26(25)19-12-21(30)28(33)24(15-19)36-4/h6-9,12,15,18,26,31,33H,5,10-11,13-14H2,1-4H3/t18-,26+/m1/s1. The van der Waals surface area contributed by atoms with Gasteiger partial charge < -0.3 is 29.4 Å². The van der Waals surface area contributed by atoms with E-state index in [4.69, 9.17) is 30.5 Å². The highest BCUT2D eigenvalue weighted by Crippen LogP contribution is 2.48.